The maximum Gasteiger partial charge on any atom is 0.255 e. The Morgan fingerprint density at radius 1 is 0.800 bits per heavy atom. The Morgan fingerprint density at radius 3 is 2.40 bits per heavy atom. The van der Waals surface area contributed by atoms with Crippen LogP contribution in [0.2, 0.25) is 0 Å². The van der Waals surface area contributed by atoms with Crippen LogP contribution in [-0.4, -0.2) is 29.3 Å². The summed E-state index contributed by atoms with van der Waals surface area (Å²) in [5.41, 5.74) is 4.86. The lowest BCUT2D eigenvalue weighted by molar-refractivity contribution is 0.0390. The van der Waals surface area contributed by atoms with Crippen LogP contribution in [0.1, 0.15) is 76.8 Å². The molecule has 1 aliphatic heterocycles. The molecule has 0 unspecified atom stereocenters. The molecule has 156 valence electrons. The third-order valence-corrected chi connectivity index (χ3v) is 7.25. The van der Waals surface area contributed by atoms with E-state index in [4.69, 9.17) is 0 Å². The first kappa shape index (κ1) is 19.3. The topological polar surface area (TPSA) is 49.4 Å². The van der Waals surface area contributed by atoms with Crippen molar-refractivity contribution in [1.29, 1.82) is 0 Å². The number of amides is 2. The molecule has 0 spiro atoms. The van der Waals surface area contributed by atoms with E-state index in [1.165, 1.54) is 43.2 Å². The largest absolute Gasteiger partial charge is 0.335 e. The Bertz CT molecular complexity index is 948. The van der Waals surface area contributed by atoms with Gasteiger partial charge in [-0.3, -0.25) is 9.59 Å². The van der Waals surface area contributed by atoms with Crippen molar-refractivity contribution in [3.05, 3.63) is 64.7 Å². The van der Waals surface area contributed by atoms with Gasteiger partial charge >= 0.3 is 0 Å². The number of fused-ring (bicyclic) bond motifs is 2. The van der Waals surface area contributed by atoms with Crippen molar-refractivity contribution < 1.29 is 9.59 Å². The van der Waals surface area contributed by atoms with Crippen LogP contribution in [-0.2, 0) is 12.8 Å². The summed E-state index contributed by atoms with van der Waals surface area (Å²) in [5.74, 6) is 0.670. The minimum atomic E-state index is -0.128. The number of benzene rings is 2. The van der Waals surface area contributed by atoms with Gasteiger partial charge in [-0.25, -0.2) is 0 Å². The van der Waals surface area contributed by atoms with Gasteiger partial charge in [0.15, 0.2) is 0 Å². The van der Waals surface area contributed by atoms with Crippen molar-refractivity contribution >= 4 is 17.5 Å². The molecule has 4 heteroatoms. The number of hydrogen-bond acceptors (Lipinski definition) is 2. The fourth-order valence-electron chi connectivity index (χ4n) is 5.66. The lowest BCUT2D eigenvalue weighted by atomic mass is 9.78. The molecule has 2 aliphatic carbocycles. The number of likely N-dealkylation sites (tertiary alicyclic amines) is 1. The molecular weight excluding hydrogens is 372 g/mol. The van der Waals surface area contributed by atoms with E-state index in [2.05, 4.69) is 22.3 Å². The smallest absolute Gasteiger partial charge is 0.255 e. The molecule has 2 aromatic rings. The molecule has 5 rings (SSSR count). The molecule has 1 N–H and O–H groups in total. The van der Waals surface area contributed by atoms with Crippen LogP contribution in [0.4, 0.5) is 5.69 Å². The van der Waals surface area contributed by atoms with Gasteiger partial charge in [0.2, 0.25) is 0 Å². The number of anilines is 1. The molecule has 0 radical (unpaired) electrons. The monoisotopic (exact) mass is 402 g/mol. The quantitative estimate of drug-likeness (QED) is 0.765. The van der Waals surface area contributed by atoms with Crippen LogP contribution >= 0.6 is 0 Å². The third-order valence-electron chi connectivity index (χ3n) is 7.25. The van der Waals surface area contributed by atoms with Gasteiger partial charge < -0.3 is 10.2 Å². The summed E-state index contributed by atoms with van der Waals surface area (Å²) in [6, 6.07) is 13.8. The van der Waals surface area contributed by atoms with Crippen LogP contribution < -0.4 is 5.32 Å². The molecule has 2 aromatic carbocycles. The standard InChI is InChI=1S/C26H30N2O2/c29-25(27-23-15-14-18-6-3-7-22(18)17-23)20-10-12-21(13-11-20)26(30)28-16-4-8-19-5-1-2-9-24(19)28/h10-15,17,19,24H,1-9,16H2,(H,27,29)/t19-,24-/m0/s1. The normalized spacial score (nSPS) is 22.9. The Hall–Kier alpha value is -2.62. The predicted molar refractivity (Wildman–Crippen MR) is 119 cm³/mol. The highest BCUT2D eigenvalue weighted by Crippen LogP contribution is 2.36. The van der Waals surface area contributed by atoms with Gasteiger partial charge in [0.05, 0.1) is 0 Å². The van der Waals surface area contributed by atoms with Crippen LogP contribution in [0, 0.1) is 5.92 Å². The number of piperidine rings is 1. The Balaban J connectivity index is 1.26. The van der Waals surface area contributed by atoms with Crippen molar-refractivity contribution in [2.75, 3.05) is 11.9 Å². The highest BCUT2D eigenvalue weighted by Gasteiger charge is 2.35. The average molecular weight is 403 g/mol. The number of nitrogens with one attached hydrogen (secondary N) is 1. The van der Waals surface area contributed by atoms with Gasteiger partial charge in [0.25, 0.3) is 11.8 Å². The molecule has 1 saturated carbocycles. The SMILES string of the molecule is O=C(Nc1ccc2c(c1)CCC2)c1ccc(C(=O)N2CCC[C@@H]3CCCC[C@@H]32)cc1. The average Bonchev–Trinajstić information content (AvgIpc) is 3.26. The number of carbonyl (C=O) groups excluding carboxylic acids is 2. The van der Waals surface area contributed by atoms with E-state index in [0.717, 1.165) is 37.9 Å². The van der Waals surface area contributed by atoms with E-state index in [-0.39, 0.29) is 11.8 Å². The Morgan fingerprint density at radius 2 is 1.53 bits per heavy atom. The fourth-order valence-corrected chi connectivity index (χ4v) is 5.66. The third kappa shape index (κ3) is 3.76. The molecule has 0 bridgehead atoms. The fraction of sp³-hybridized carbons (Fsp3) is 0.462. The summed E-state index contributed by atoms with van der Waals surface area (Å²) in [7, 11) is 0. The van der Waals surface area contributed by atoms with E-state index in [1.54, 1.807) is 12.1 Å². The van der Waals surface area contributed by atoms with E-state index in [9.17, 15) is 9.59 Å². The van der Waals surface area contributed by atoms with Crippen molar-refractivity contribution in [2.45, 2.75) is 63.8 Å². The summed E-state index contributed by atoms with van der Waals surface area (Å²) in [6.07, 6.45) is 10.7. The zero-order chi connectivity index (χ0) is 20.5. The molecule has 30 heavy (non-hydrogen) atoms. The maximum atomic E-state index is 13.2. The van der Waals surface area contributed by atoms with Crippen molar-refractivity contribution in [1.82, 2.24) is 4.90 Å². The summed E-state index contributed by atoms with van der Waals surface area (Å²) < 4.78 is 0. The Labute approximate surface area is 178 Å². The first-order valence-corrected chi connectivity index (χ1v) is 11.5. The lowest BCUT2D eigenvalue weighted by Crippen LogP contribution is -2.49. The summed E-state index contributed by atoms with van der Waals surface area (Å²) >= 11 is 0. The summed E-state index contributed by atoms with van der Waals surface area (Å²) in [4.78, 5) is 27.9. The highest BCUT2D eigenvalue weighted by molar-refractivity contribution is 6.05. The maximum absolute atomic E-state index is 13.2. The molecule has 2 atom stereocenters. The van der Waals surface area contributed by atoms with Gasteiger partial charge in [-0.1, -0.05) is 18.9 Å². The van der Waals surface area contributed by atoms with E-state index in [0.29, 0.717) is 23.1 Å². The van der Waals surface area contributed by atoms with E-state index in [1.807, 2.05) is 18.2 Å². The molecule has 1 saturated heterocycles. The second kappa shape index (κ2) is 8.25. The van der Waals surface area contributed by atoms with E-state index >= 15 is 0 Å². The van der Waals surface area contributed by atoms with Crippen molar-refractivity contribution in [3.63, 3.8) is 0 Å². The number of nitrogens with zero attached hydrogens (tertiary/aromatic N) is 1. The van der Waals surface area contributed by atoms with Crippen LogP contribution in [0.25, 0.3) is 0 Å². The summed E-state index contributed by atoms with van der Waals surface area (Å²) in [6.45, 7) is 0.862. The number of carbonyl (C=O) groups is 2. The Kier molecular flexibility index (Phi) is 5.32. The van der Waals surface area contributed by atoms with Crippen molar-refractivity contribution in [3.8, 4) is 0 Å². The molecule has 0 aromatic heterocycles. The number of rotatable bonds is 3. The molecule has 3 aliphatic rings. The van der Waals surface area contributed by atoms with Crippen LogP contribution in [0.15, 0.2) is 42.5 Å². The zero-order valence-electron chi connectivity index (χ0n) is 17.5. The van der Waals surface area contributed by atoms with E-state index < -0.39 is 0 Å². The van der Waals surface area contributed by atoms with Crippen LogP contribution in [0.5, 0.6) is 0 Å². The second-order valence-corrected chi connectivity index (χ2v) is 9.12. The number of aryl methyl sites for hydroxylation is 2. The molecule has 4 nitrogen and oxygen atoms in total. The lowest BCUT2D eigenvalue weighted by Gasteiger charge is -2.44. The molecular formula is C26H30N2O2. The summed E-state index contributed by atoms with van der Waals surface area (Å²) in [5, 5.41) is 3.00. The minimum Gasteiger partial charge on any atom is -0.335 e. The van der Waals surface area contributed by atoms with Gasteiger partial charge in [-0.05, 0) is 98.4 Å². The molecule has 1 heterocycles. The van der Waals surface area contributed by atoms with Gasteiger partial charge in [0.1, 0.15) is 0 Å². The predicted octanol–water partition coefficient (Wildman–Crippen LogP) is 5.22. The first-order chi connectivity index (χ1) is 14.7. The zero-order valence-corrected chi connectivity index (χ0v) is 17.5. The number of hydrogen-bond donors (Lipinski definition) is 1. The molecule has 2 fully saturated rings. The highest BCUT2D eigenvalue weighted by atomic mass is 16.2. The van der Waals surface area contributed by atoms with Gasteiger partial charge in [-0.2, -0.15) is 0 Å². The van der Waals surface area contributed by atoms with Gasteiger partial charge in [0, 0.05) is 29.4 Å². The van der Waals surface area contributed by atoms with Crippen molar-refractivity contribution in [2.24, 2.45) is 5.92 Å². The first-order valence-electron chi connectivity index (χ1n) is 11.5. The van der Waals surface area contributed by atoms with Gasteiger partial charge in [-0.15, -0.1) is 0 Å². The second-order valence-electron chi connectivity index (χ2n) is 9.12. The minimum absolute atomic E-state index is 0.122. The van der Waals surface area contributed by atoms with Crippen LogP contribution in [0.3, 0.4) is 0 Å². The molecule has 2 amide bonds.